The van der Waals surface area contributed by atoms with Gasteiger partial charge in [-0.1, -0.05) is 34.1 Å². The highest BCUT2D eigenvalue weighted by Gasteiger charge is 2.68. The standard InChI is InChI=1S/C21H32O4/c1-14-13-17(24-15(2)23)18-19(3,4)9-6-10-20(18,5)21(14)11-7-16(25-21)8-12-22/h8,12,14,17-18H,6-7,9-11,13H2,1-5H3/b16-8+/t14-,17-,18+,20+,21-/m1/s1. The number of carbonyl (C=O) groups excluding carboxylic acids is 2. The van der Waals surface area contributed by atoms with Crippen LogP contribution in [0.3, 0.4) is 0 Å². The van der Waals surface area contributed by atoms with Crippen LogP contribution in [0.15, 0.2) is 11.8 Å². The van der Waals surface area contributed by atoms with Gasteiger partial charge in [0.25, 0.3) is 0 Å². The molecule has 1 saturated heterocycles. The van der Waals surface area contributed by atoms with E-state index < -0.39 is 0 Å². The maximum atomic E-state index is 11.8. The molecule has 0 aromatic carbocycles. The SMILES string of the molecule is CC(=O)O[C@@H]1C[C@@H](C)[C@]2(CC/C(=C\C=O)O2)[C@@]2(C)CCCC(C)(C)[C@H]12. The minimum absolute atomic E-state index is 0.0545. The fourth-order valence-electron chi connectivity index (χ4n) is 6.63. The molecule has 1 aliphatic heterocycles. The zero-order valence-electron chi connectivity index (χ0n) is 16.3. The molecule has 0 amide bonds. The second-order valence-electron chi connectivity index (χ2n) is 9.28. The highest BCUT2D eigenvalue weighted by molar-refractivity contribution is 5.66. The molecule has 5 atom stereocenters. The Balaban J connectivity index is 2.06. The molecule has 3 fully saturated rings. The summed E-state index contributed by atoms with van der Waals surface area (Å²) < 4.78 is 12.4. The van der Waals surface area contributed by atoms with Crippen molar-refractivity contribution < 1.29 is 19.1 Å². The fraction of sp³-hybridized carbons (Fsp3) is 0.810. The number of aldehydes is 1. The molecule has 2 aliphatic carbocycles. The summed E-state index contributed by atoms with van der Waals surface area (Å²) in [5, 5.41) is 0. The molecule has 140 valence electrons. The number of ether oxygens (including phenoxy) is 2. The molecule has 3 aliphatic rings. The van der Waals surface area contributed by atoms with E-state index in [0.29, 0.717) is 0 Å². The van der Waals surface area contributed by atoms with Gasteiger partial charge in [0.15, 0.2) is 0 Å². The highest BCUT2D eigenvalue weighted by atomic mass is 16.5. The van der Waals surface area contributed by atoms with Crippen molar-refractivity contribution in [3.63, 3.8) is 0 Å². The van der Waals surface area contributed by atoms with Crippen molar-refractivity contribution in [3.05, 3.63) is 11.8 Å². The summed E-state index contributed by atoms with van der Waals surface area (Å²) in [6, 6.07) is 0. The van der Waals surface area contributed by atoms with Crippen molar-refractivity contribution in [2.24, 2.45) is 22.7 Å². The molecule has 1 spiro atoms. The van der Waals surface area contributed by atoms with Crippen molar-refractivity contribution in [2.45, 2.75) is 84.8 Å². The lowest BCUT2D eigenvalue weighted by molar-refractivity contribution is -0.242. The van der Waals surface area contributed by atoms with Crippen LogP contribution in [-0.2, 0) is 19.1 Å². The molecule has 2 saturated carbocycles. The van der Waals surface area contributed by atoms with Gasteiger partial charge in [-0.05, 0) is 37.0 Å². The Hall–Kier alpha value is -1.32. The Bertz CT molecular complexity index is 593. The maximum Gasteiger partial charge on any atom is 0.302 e. The van der Waals surface area contributed by atoms with Gasteiger partial charge in [-0.3, -0.25) is 9.59 Å². The smallest absolute Gasteiger partial charge is 0.302 e. The van der Waals surface area contributed by atoms with Gasteiger partial charge in [0.05, 0.1) is 0 Å². The van der Waals surface area contributed by atoms with Crippen LogP contribution < -0.4 is 0 Å². The Morgan fingerprint density at radius 1 is 1.24 bits per heavy atom. The van der Waals surface area contributed by atoms with E-state index in [2.05, 4.69) is 27.7 Å². The van der Waals surface area contributed by atoms with Gasteiger partial charge in [-0.15, -0.1) is 0 Å². The van der Waals surface area contributed by atoms with Crippen molar-refractivity contribution in [3.8, 4) is 0 Å². The number of rotatable bonds is 2. The summed E-state index contributed by atoms with van der Waals surface area (Å²) in [7, 11) is 0. The molecule has 25 heavy (non-hydrogen) atoms. The molecule has 0 bridgehead atoms. The first-order valence-corrected chi connectivity index (χ1v) is 9.67. The molecule has 4 heteroatoms. The van der Waals surface area contributed by atoms with E-state index in [1.807, 2.05) is 0 Å². The van der Waals surface area contributed by atoms with Gasteiger partial charge >= 0.3 is 5.97 Å². The molecule has 0 unspecified atom stereocenters. The van der Waals surface area contributed by atoms with Gasteiger partial charge in [-0.25, -0.2) is 0 Å². The number of carbonyl (C=O) groups is 2. The van der Waals surface area contributed by atoms with E-state index in [4.69, 9.17) is 9.47 Å². The fourth-order valence-corrected chi connectivity index (χ4v) is 6.63. The van der Waals surface area contributed by atoms with Crippen LogP contribution in [0.5, 0.6) is 0 Å². The van der Waals surface area contributed by atoms with Gasteiger partial charge in [0.1, 0.15) is 23.8 Å². The minimum atomic E-state index is -0.263. The predicted molar refractivity (Wildman–Crippen MR) is 95.8 cm³/mol. The largest absolute Gasteiger partial charge is 0.491 e. The van der Waals surface area contributed by atoms with E-state index >= 15 is 0 Å². The average molecular weight is 348 g/mol. The first kappa shape index (κ1) is 18.5. The zero-order chi connectivity index (χ0) is 18.5. The van der Waals surface area contributed by atoms with Gasteiger partial charge in [-0.2, -0.15) is 0 Å². The Labute approximate surface area is 151 Å². The van der Waals surface area contributed by atoms with Gasteiger partial charge < -0.3 is 9.47 Å². The summed E-state index contributed by atoms with van der Waals surface area (Å²) in [5.41, 5.74) is -0.230. The van der Waals surface area contributed by atoms with Crippen LogP contribution >= 0.6 is 0 Å². The quantitative estimate of drug-likeness (QED) is 0.421. The Morgan fingerprint density at radius 2 is 1.96 bits per heavy atom. The van der Waals surface area contributed by atoms with E-state index in [9.17, 15) is 9.59 Å². The van der Waals surface area contributed by atoms with Crippen LogP contribution in [0.1, 0.15) is 73.1 Å². The Morgan fingerprint density at radius 3 is 2.60 bits per heavy atom. The van der Waals surface area contributed by atoms with Crippen molar-refractivity contribution in [1.82, 2.24) is 0 Å². The first-order valence-electron chi connectivity index (χ1n) is 9.67. The number of hydrogen-bond donors (Lipinski definition) is 0. The third kappa shape index (κ3) is 2.72. The molecule has 1 heterocycles. The third-order valence-corrected chi connectivity index (χ3v) is 7.39. The summed E-state index contributed by atoms with van der Waals surface area (Å²) in [4.78, 5) is 22.7. The lowest BCUT2D eigenvalue weighted by Gasteiger charge is -2.64. The summed E-state index contributed by atoms with van der Waals surface area (Å²) >= 11 is 0. The normalized spacial score (nSPS) is 44.2. The van der Waals surface area contributed by atoms with Crippen LogP contribution in [0.25, 0.3) is 0 Å². The number of esters is 1. The first-order chi connectivity index (χ1) is 11.7. The van der Waals surface area contributed by atoms with Crippen LogP contribution in [-0.4, -0.2) is 24.0 Å². The highest BCUT2D eigenvalue weighted by Crippen LogP contribution is 2.67. The van der Waals surface area contributed by atoms with Crippen molar-refractivity contribution in [2.75, 3.05) is 0 Å². The molecule has 0 N–H and O–H groups in total. The van der Waals surface area contributed by atoms with Crippen LogP contribution in [0, 0.1) is 22.7 Å². The zero-order valence-corrected chi connectivity index (χ0v) is 16.3. The number of hydrogen-bond acceptors (Lipinski definition) is 4. The van der Waals surface area contributed by atoms with E-state index in [-0.39, 0.29) is 40.3 Å². The molecular weight excluding hydrogens is 316 g/mol. The lowest BCUT2D eigenvalue weighted by Crippen LogP contribution is -2.66. The molecule has 0 radical (unpaired) electrons. The average Bonchev–Trinajstić information content (AvgIpc) is 2.90. The molecule has 0 aromatic heterocycles. The molecule has 3 rings (SSSR count). The number of fused-ring (bicyclic) bond motifs is 2. The van der Waals surface area contributed by atoms with E-state index in [1.165, 1.54) is 6.92 Å². The molecule has 0 aromatic rings. The summed E-state index contributed by atoms with van der Waals surface area (Å²) in [6.45, 7) is 10.7. The Kier molecular flexibility index (Phi) is 4.53. The van der Waals surface area contributed by atoms with Crippen molar-refractivity contribution >= 4 is 12.3 Å². The van der Waals surface area contributed by atoms with E-state index in [1.54, 1.807) is 6.08 Å². The second-order valence-corrected chi connectivity index (χ2v) is 9.28. The van der Waals surface area contributed by atoms with Gasteiger partial charge in [0, 0.05) is 30.8 Å². The van der Waals surface area contributed by atoms with Gasteiger partial charge in [0.2, 0.25) is 0 Å². The van der Waals surface area contributed by atoms with Crippen LogP contribution in [0.2, 0.25) is 0 Å². The molecular formula is C21H32O4. The molecule has 4 nitrogen and oxygen atoms in total. The number of allylic oxidation sites excluding steroid dienone is 2. The van der Waals surface area contributed by atoms with Crippen LogP contribution in [0.4, 0.5) is 0 Å². The topological polar surface area (TPSA) is 52.6 Å². The van der Waals surface area contributed by atoms with Crippen molar-refractivity contribution in [1.29, 1.82) is 0 Å². The second kappa shape index (κ2) is 6.14. The summed E-state index contributed by atoms with van der Waals surface area (Å²) in [6.07, 6.45) is 8.34. The van der Waals surface area contributed by atoms with E-state index in [0.717, 1.165) is 50.6 Å². The predicted octanol–water partition coefficient (Wildman–Crippen LogP) is 4.42. The summed E-state index contributed by atoms with van der Waals surface area (Å²) in [5.74, 6) is 1.18. The third-order valence-electron chi connectivity index (χ3n) is 7.39. The minimum Gasteiger partial charge on any atom is -0.491 e. The monoisotopic (exact) mass is 348 g/mol. The maximum absolute atomic E-state index is 11.8. The lowest BCUT2D eigenvalue weighted by atomic mass is 9.43.